The van der Waals surface area contributed by atoms with Gasteiger partial charge in [-0.15, -0.1) is 11.8 Å². The summed E-state index contributed by atoms with van der Waals surface area (Å²) in [5.74, 6) is 0.299. The van der Waals surface area contributed by atoms with Crippen LogP contribution >= 0.6 is 11.8 Å². The van der Waals surface area contributed by atoms with E-state index in [1.54, 1.807) is 18.2 Å². The van der Waals surface area contributed by atoms with E-state index in [9.17, 15) is 9.59 Å². The molecule has 144 valence electrons. The Morgan fingerprint density at radius 1 is 1.14 bits per heavy atom. The number of hydrogen-bond donors (Lipinski definition) is 1. The van der Waals surface area contributed by atoms with Crippen LogP contribution in [0.4, 0.5) is 0 Å². The van der Waals surface area contributed by atoms with Gasteiger partial charge < -0.3 is 10.2 Å². The molecule has 1 atom stereocenters. The first-order chi connectivity index (χ1) is 13.6. The van der Waals surface area contributed by atoms with Crippen LogP contribution in [-0.4, -0.2) is 35.6 Å². The molecule has 1 aliphatic heterocycles. The zero-order chi connectivity index (χ0) is 19.9. The van der Waals surface area contributed by atoms with E-state index in [4.69, 9.17) is 5.26 Å². The fourth-order valence-corrected chi connectivity index (χ4v) is 4.13. The lowest BCUT2D eigenvalue weighted by Crippen LogP contribution is -2.29. The first kappa shape index (κ1) is 20.0. The van der Waals surface area contributed by atoms with Crippen molar-refractivity contribution in [3.05, 3.63) is 65.2 Å². The molecule has 1 heterocycles. The van der Waals surface area contributed by atoms with Crippen LogP contribution in [0.25, 0.3) is 0 Å². The predicted molar refractivity (Wildman–Crippen MR) is 110 cm³/mol. The van der Waals surface area contributed by atoms with E-state index in [0.29, 0.717) is 16.9 Å². The summed E-state index contributed by atoms with van der Waals surface area (Å²) in [6.45, 7) is 3.58. The maximum absolute atomic E-state index is 12.8. The van der Waals surface area contributed by atoms with Gasteiger partial charge in [0.1, 0.15) is 0 Å². The summed E-state index contributed by atoms with van der Waals surface area (Å²) in [5.41, 5.74) is 2.09. The molecule has 1 N–H and O–H groups in total. The molecule has 1 fully saturated rings. The van der Waals surface area contributed by atoms with E-state index in [2.05, 4.69) is 11.4 Å². The van der Waals surface area contributed by atoms with Crippen LogP contribution in [0.1, 0.15) is 47.3 Å². The minimum atomic E-state index is -0.190. The summed E-state index contributed by atoms with van der Waals surface area (Å²) in [5, 5.41) is 11.9. The molecule has 0 aromatic heterocycles. The Labute approximate surface area is 169 Å². The second-order valence-corrected chi connectivity index (χ2v) is 7.82. The van der Waals surface area contributed by atoms with Crippen molar-refractivity contribution < 1.29 is 9.59 Å². The quantitative estimate of drug-likeness (QED) is 0.759. The first-order valence-corrected chi connectivity index (χ1v) is 10.4. The smallest absolute Gasteiger partial charge is 0.252 e. The van der Waals surface area contributed by atoms with Crippen LogP contribution < -0.4 is 5.32 Å². The number of carbonyl (C=O) groups excluding carboxylic acids is 2. The zero-order valence-electron chi connectivity index (χ0n) is 15.9. The maximum Gasteiger partial charge on any atom is 0.252 e. The highest BCUT2D eigenvalue weighted by Gasteiger charge is 2.20. The second-order valence-electron chi connectivity index (χ2n) is 6.80. The van der Waals surface area contributed by atoms with Crippen molar-refractivity contribution in [2.24, 2.45) is 0 Å². The second kappa shape index (κ2) is 9.43. The van der Waals surface area contributed by atoms with Gasteiger partial charge in [0.15, 0.2) is 0 Å². The summed E-state index contributed by atoms with van der Waals surface area (Å²) in [6.07, 6.45) is 2.14. The molecule has 0 radical (unpaired) electrons. The Hall–Kier alpha value is -2.78. The number of rotatable bonds is 6. The normalized spacial score (nSPS) is 14.4. The van der Waals surface area contributed by atoms with Gasteiger partial charge in [-0.25, -0.2) is 0 Å². The molecule has 2 amide bonds. The number of thioether (sulfide) groups is 1. The Morgan fingerprint density at radius 3 is 2.50 bits per heavy atom. The Kier molecular flexibility index (Phi) is 6.72. The molecule has 0 aliphatic carbocycles. The topological polar surface area (TPSA) is 73.2 Å². The van der Waals surface area contributed by atoms with Crippen LogP contribution in [0.3, 0.4) is 0 Å². The third kappa shape index (κ3) is 4.93. The Morgan fingerprint density at radius 2 is 1.82 bits per heavy atom. The van der Waals surface area contributed by atoms with Crippen molar-refractivity contribution in [1.29, 1.82) is 5.26 Å². The number of nitrogens with zero attached hydrogens (tertiary/aromatic N) is 2. The molecule has 1 unspecified atom stereocenters. The summed E-state index contributed by atoms with van der Waals surface area (Å²) >= 11 is 1.41. The van der Waals surface area contributed by atoms with E-state index in [1.165, 1.54) is 11.8 Å². The molecule has 2 aromatic carbocycles. The Bertz CT molecular complexity index is 883. The lowest BCUT2D eigenvalue weighted by Gasteiger charge is -2.17. The zero-order valence-corrected chi connectivity index (χ0v) is 16.7. The molecule has 5 nitrogen and oxygen atoms in total. The molecule has 1 aliphatic rings. The van der Waals surface area contributed by atoms with Crippen LogP contribution in [-0.2, 0) is 4.79 Å². The number of carbonyl (C=O) groups is 2. The van der Waals surface area contributed by atoms with Crippen molar-refractivity contribution in [2.75, 3.05) is 18.8 Å². The number of nitriles is 1. The SMILES string of the molecule is CC(NC(=O)c1ccccc1SCC(=O)N1CCCC1)c1ccc(C#N)cc1. The Balaban J connectivity index is 1.64. The van der Waals surface area contributed by atoms with Gasteiger partial charge in [0, 0.05) is 18.0 Å². The average molecular weight is 394 g/mol. The molecule has 2 aromatic rings. The largest absolute Gasteiger partial charge is 0.345 e. The highest BCUT2D eigenvalue weighted by molar-refractivity contribution is 8.00. The minimum absolute atomic E-state index is 0.128. The third-order valence-electron chi connectivity index (χ3n) is 4.83. The molecular weight excluding hydrogens is 370 g/mol. The van der Waals surface area contributed by atoms with Gasteiger partial charge in [-0.1, -0.05) is 24.3 Å². The lowest BCUT2D eigenvalue weighted by molar-refractivity contribution is -0.127. The van der Waals surface area contributed by atoms with Crippen molar-refractivity contribution in [2.45, 2.75) is 30.7 Å². The number of amides is 2. The fourth-order valence-electron chi connectivity index (χ4n) is 3.18. The number of hydrogen-bond acceptors (Lipinski definition) is 4. The molecule has 3 rings (SSSR count). The van der Waals surface area contributed by atoms with E-state index >= 15 is 0 Å². The van der Waals surface area contributed by atoms with Gasteiger partial charge in [-0.2, -0.15) is 5.26 Å². The molecule has 1 saturated heterocycles. The van der Waals surface area contributed by atoms with Crippen molar-refractivity contribution in [1.82, 2.24) is 10.2 Å². The molecule has 28 heavy (non-hydrogen) atoms. The van der Waals surface area contributed by atoms with Gasteiger partial charge in [-0.05, 0) is 49.6 Å². The summed E-state index contributed by atoms with van der Waals surface area (Å²) < 4.78 is 0. The van der Waals surface area contributed by atoms with E-state index in [0.717, 1.165) is 36.4 Å². The standard InChI is InChI=1S/C22H23N3O2S/c1-16(18-10-8-17(14-23)9-11-18)24-22(27)19-6-2-3-7-20(19)28-15-21(26)25-12-4-5-13-25/h2-3,6-11,16H,4-5,12-13,15H2,1H3,(H,24,27). The van der Waals surface area contributed by atoms with Crippen LogP contribution in [0.2, 0.25) is 0 Å². The van der Waals surface area contributed by atoms with E-state index in [-0.39, 0.29) is 17.9 Å². The third-order valence-corrected chi connectivity index (χ3v) is 5.89. The van der Waals surface area contributed by atoms with Gasteiger partial charge in [0.05, 0.1) is 29.0 Å². The number of benzene rings is 2. The lowest BCUT2D eigenvalue weighted by atomic mass is 10.1. The fraction of sp³-hybridized carbons (Fsp3) is 0.318. The van der Waals surface area contributed by atoms with Gasteiger partial charge in [-0.3, -0.25) is 9.59 Å². The van der Waals surface area contributed by atoms with Gasteiger partial charge in [0.2, 0.25) is 5.91 Å². The van der Waals surface area contributed by atoms with Crippen LogP contribution in [0.5, 0.6) is 0 Å². The molecular formula is C22H23N3O2S. The summed E-state index contributed by atoms with van der Waals surface area (Å²) in [6, 6.07) is 16.4. The molecule has 0 spiro atoms. The van der Waals surface area contributed by atoms with Crippen molar-refractivity contribution in [3.63, 3.8) is 0 Å². The molecule has 6 heteroatoms. The van der Waals surface area contributed by atoms with Crippen molar-refractivity contribution >= 4 is 23.6 Å². The predicted octanol–water partition coefficient (Wildman–Crippen LogP) is 3.76. The monoisotopic (exact) mass is 393 g/mol. The van der Waals surface area contributed by atoms with Crippen LogP contribution in [0, 0.1) is 11.3 Å². The average Bonchev–Trinajstić information content (AvgIpc) is 3.27. The van der Waals surface area contributed by atoms with Gasteiger partial charge in [0.25, 0.3) is 5.91 Å². The van der Waals surface area contributed by atoms with E-state index in [1.807, 2.05) is 42.2 Å². The minimum Gasteiger partial charge on any atom is -0.345 e. The first-order valence-electron chi connectivity index (χ1n) is 9.39. The van der Waals surface area contributed by atoms with Crippen LogP contribution in [0.15, 0.2) is 53.4 Å². The maximum atomic E-state index is 12.8. The highest BCUT2D eigenvalue weighted by Crippen LogP contribution is 2.24. The van der Waals surface area contributed by atoms with Crippen molar-refractivity contribution in [3.8, 4) is 6.07 Å². The molecule has 0 saturated carbocycles. The number of nitrogens with one attached hydrogen (secondary N) is 1. The number of likely N-dealkylation sites (tertiary alicyclic amines) is 1. The van der Waals surface area contributed by atoms with E-state index < -0.39 is 0 Å². The summed E-state index contributed by atoms with van der Waals surface area (Å²) in [4.78, 5) is 27.8. The van der Waals surface area contributed by atoms with Gasteiger partial charge >= 0.3 is 0 Å². The highest BCUT2D eigenvalue weighted by atomic mass is 32.2. The molecule has 0 bridgehead atoms. The summed E-state index contributed by atoms with van der Waals surface area (Å²) in [7, 11) is 0.